The molecule has 2 aromatic heterocycles. The van der Waals surface area contributed by atoms with Crippen LogP contribution in [0.25, 0.3) is 0 Å². The Morgan fingerprint density at radius 2 is 1.84 bits per heavy atom. The molecule has 0 aliphatic carbocycles. The predicted molar refractivity (Wildman–Crippen MR) is 61.5 cm³/mol. The molecule has 11 nitrogen and oxygen atoms in total. The minimum atomic E-state index is -0.797. The van der Waals surface area contributed by atoms with Crippen LogP contribution in [0.4, 0.5) is 5.95 Å². The van der Waals surface area contributed by atoms with Gasteiger partial charge in [-0.3, -0.25) is 19.5 Å². The molecule has 0 saturated heterocycles. The number of hydrogen-bond acceptors (Lipinski definition) is 7. The summed E-state index contributed by atoms with van der Waals surface area (Å²) >= 11 is 0. The number of tetrazole rings is 1. The van der Waals surface area contributed by atoms with Gasteiger partial charge in [0.05, 0.1) is 0 Å². The molecule has 0 fully saturated rings. The first-order chi connectivity index (χ1) is 8.91. The van der Waals surface area contributed by atoms with Gasteiger partial charge in [0.25, 0.3) is 11.5 Å². The van der Waals surface area contributed by atoms with Gasteiger partial charge in [-0.15, -0.1) is 0 Å². The van der Waals surface area contributed by atoms with Crippen molar-refractivity contribution < 1.29 is 4.79 Å². The van der Waals surface area contributed by atoms with Crippen molar-refractivity contribution in [2.75, 3.05) is 5.32 Å². The number of rotatable bonds is 2. The molecule has 0 saturated carbocycles. The van der Waals surface area contributed by atoms with E-state index in [1.807, 2.05) is 0 Å². The topological polar surface area (TPSA) is 130 Å². The van der Waals surface area contributed by atoms with E-state index in [2.05, 4.69) is 25.9 Å². The summed E-state index contributed by atoms with van der Waals surface area (Å²) in [6, 6.07) is 0. The Balaban J connectivity index is 2.43. The third-order valence-electron chi connectivity index (χ3n) is 2.38. The lowest BCUT2D eigenvalue weighted by Gasteiger charge is -2.05. The van der Waals surface area contributed by atoms with Crippen molar-refractivity contribution in [3.8, 4) is 0 Å². The summed E-state index contributed by atoms with van der Waals surface area (Å²) in [6.07, 6.45) is 0. The average molecular weight is 266 g/mol. The second-order valence-corrected chi connectivity index (χ2v) is 3.70. The van der Waals surface area contributed by atoms with Gasteiger partial charge in [-0.25, -0.2) is 14.2 Å². The van der Waals surface area contributed by atoms with Crippen LogP contribution in [0.3, 0.4) is 0 Å². The van der Waals surface area contributed by atoms with E-state index in [-0.39, 0.29) is 5.95 Å². The Hall–Kier alpha value is -2.85. The van der Waals surface area contributed by atoms with Crippen molar-refractivity contribution >= 4 is 11.9 Å². The number of amides is 1. The first-order valence-electron chi connectivity index (χ1n) is 5.10. The quantitative estimate of drug-likeness (QED) is 0.623. The summed E-state index contributed by atoms with van der Waals surface area (Å²) < 4.78 is 2.90. The molecule has 11 heteroatoms. The predicted octanol–water partition coefficient (Wildman–Crippen LogP) is -2.75. The normalized spacial score (nSPS) is 10.5. The van der Waals surface area contributed by atoms with E-state index in [0.717, 1.165) is 9.25 Å². The summed E-state index contributed by atoms with van der Waals surface area (Å²) in [5.74, 6) is -0.739. The van der Waals surface area contributed by atoms with Gasteiger partial charge < -0.3 is 0 Å². The number of nitrogens with zero attached hydrogens (tertiary/aromatic N) is 7. The van der Waals surface area contributed by atoms with Crippen LogP contribution in [-0.4, -0.2) is 40.5 Å². The molecule has 0 aliphatic heterocycles. The van der Waals surface area contributed by atoms with Gasteiger partial charge in [0.2, 0.25) is 11.6 Å². The molecule has 2 aromatic rings. The lowest BCUT2D eigenvalue weighted by atomic mass is 10.4. The molecular weight excluding hydrogens is 256 g/mol. The number of aromatic nitrogens is 7. The van der Waals surface area contributed by atoms with E-state index in [1.54, 1.807) is 0 Å². The van der Waals surface area contributed by atoms with E-state index in [1.165, 1.54) is 25.8 Å². The lowest BCUT2D eigenvalue weighted by molar-refractivity contribution is 0.101. The van der Waals surface area contributed by atoms with E-state index < -0.39 is 22.9 Å². The molecule has 0 atom stereocenters. The van der Waals surface area contributed by atoms with Crippen molar-refractivity contribution in [1.29, 1.82) is 0 Å². The van der Waals surface area contributed by atoms with Crippen LogP contribution in [0.1, 0.15) is 10.5 Å². The van der Waals surface area contributed by atoms with Gasteiger partial charge in [0.15, 0.2) is 0 Å². The summed E-state index contributed by atoms with van der Waals surface area (Å²) in [6.45, 7) is 0. The Bertz CT molecular complexity index is 754. The van der Waals surface area contributed by atoms with Crippen LogP contribution in [0.15, 0.2) is 9.59 Å². The fourth-order valence-electron chi connectivity index (χ4n) is 1.34. The summed E-state index contributed by atoms with van der Waals surface area (Å²) in [5, 5.41) is 16.3. The molecule has 1 N–H and O–H groups in total. The Labute approximate surface area is 105 Å². The Morgan fingerprint density at radius 3 is 2.42 bits per heavy atom. The van der Waals surface area contributed by atoms with E-state index in [4.69, 9.17) is 0 Å². The first kappa shape index (κ1) is 12.6. The zero-order valence-electron chi connectivity index (χ0n) is 10.4. The molecule has 2 heterocycles. The van der Waals surface area contributed by atoms with Crippen molar-refractivity contribution in [2.45, 2.75) is 0 Å². The van der Waals surface area contributed by atoms with Crippen LogP contribution in [-0.2, 0) is 21.1 Å². The molecule has 0 radical (unpaired) electrons. The third-order valence-corrected chi connectivity index (χ3v) is 2.38. The standard InChI is InChI=1S/C8H10N8O3/c1-14-6(18)4(11-16(3)8(14)19)5(17)9-7-10-12-13-15(7)2/h1-3H3,(H,9,10,13,17). The zero-order chi connectivity index (χ0) is 14.2. The summed E-state index contributed by atoms with van der Waals surface area (Å²) in [4.78, 5) is 35.1. The number of carbonyl (C=O) groups excluding carboxylic acids is 1. The molecule has 19 heavy (non-hydrogen) atoms. The van der Waals surface area contributed by atoms with Crippen molar-refractivity contribution in [3.63, 3.8) is 0 Å². The van der Waals surface area contributed by atoms with Gasteiger partial charge in [-0.2, -0.15) is 5.10 Å². The third kappa shape index (κ3) is 2.12. The minimum Gasteiger partial charge on any atom is -0.288 e. The number of anilines is 1. The maximum atomic E-state index is 11.9. The highest BCUT2D eigenvalue weighted by atomic mass is 16.2. The fourth-order valence-corrected chi connectivity index (χ4v) is 1.34. The first-order valence-corrected chi connectivity index (χ1v) is 5.10. The zero-order valence-corrected chi connectivity index (χ0v) is 10.4. The van der Waals surface area contributed by atoms with Crippen LogP contribution in [0.5, 0.6) is 0 Å². The van der Waals surface area contributed by atoms with Gasteiger partial charge in [-0.1, -0.05) is 5.10 Å². The van der Waals surface area contributed by atoms with Crippen LogP contribution < -0.4 is 16.6 Å². The SMILES string of the molecule is Cn1nnnc1NC(=O)c1nn(C)c(=O)n(C)c1=O. The van der Waals surface area contributed by atoms with Gasteiger partial charge in [0.1, 0.15) is 0 Å². The molecule has 0 aromatic carbocycles. The number of hydrogen-bond donors (Lipinski definition) is 1. The largest absolute Gasteiger partial charge is 0.346 e. The van der Waals surface area contributed by atoms with Gasteiger partial charge >= 0.3 is 5.69 Å². The molecule has 0 aliphatic rings. The Kier molecular flexibility index (Phi) is 2.94. The van der Waals surface area contributed by atoms with E-state index in [9.17, 15) is 14.4 Å². The van der Waals surface area contributed by atoms with Gasteiger partial charge in [-0.05, 0) is 10.4 Å². The maximum Gasteiger partial charge on any atom is 0.346 e. The van der Waals surface area contributed by atoms with Crippen LogP contribution in [0, 0.1) is 0 Å². The molecule has 0 spiro atoms. The smallest absolute Gasteiger partial charge is 0.288 e. The molecule has 0 bridgehead atoms. The molecule has 1 amide bonds. The highest BCUT2D eigenvalue weighted by molar-refractivity contribution is 6.01. The summed E-state index contributed by atoms with van der Waals surface area (Å²) in [5.41, 5.74) is -1.84. The van der Waals surface area contributed by atoms with E-state index in [0.29, 0.717) is 0 Å². The maximum absolute atomic E-state index is 11.9. The fraction of sp³-hybridized carbons (Fsp3) is 0.375. The molecular formula is C8H10N8O3. The number of aryl methyl sites for hydroxylation is 2. The Morgan fingerprint density at radius 1 is 1.16 bits per heavy atom. The number of carbonyl (C=O) groups is 1. The van der Waals surface area contributed by atoms with Crippen LogP contribution >= 0.6 is 0 Å². The van der Waals surface area contributed by atoms with Gasteiger partial charge in [0, 0.05) is 21.1 Å². The van der Waals surface area contributed by atoms with E-state index >= 15 is 0 Å². The second-order valence-electron chi connectivity index (χ2n) is 3.70. The van der Waals surface area contributed by atoms with Crippen LogP contribution in [0.2, 0.25) is 0 Å². The number of nitrogens with one attached hydrogen (secondary N) is 1. The second kappa shape index (κ2) is 4.44. The summed E-state index contributed by atoms with van der Waals surface area (Å²) in [7, 11) is 4.11. The average Bonchev–Trinajstić information content (AvgIpc) is 2.77. The highest BCUT2D eigenvalue weighted by Gasteiger charge is 2.18. The lowest BCUT2D eigenvalue weighted by Crippen LogP contribution is -2.43. The molecule has 0 unspecified atom stereocenters. The van der Waals surface area contributed by atoms with Crippen molar-refractivity contribution in [3.05, 3.63) is 26.5 Å². The van der Waals surface area contributed by atoms with Crippen molar-refractivity contribution in [2.24, 2.45) is 21.1 Å². The van der Waals surface area contributed by atoms with Crippen molar-refractivity contribution in [1.82, 2.24) is 34.6 Å². The molecule has 100 valence electrons. The highest BCUT2D eigenvalue weighted by Crippen LogP contribution is 1.97. The minimum absolute atomic E-state index is 0.0581. The monoisotopic (exact) mass is 266 g/mol. The molecule has 2 rings (SSSR count).